The summed E-state index contributed by atoms with van der Waals surface area (Å²) in [4.78, 5) is 6.80. The fraction of sp³-hybridized carbons (Fsp3) is 0.357. The Kier molecular flexibility index (Phi) is 5.36. The average molecular weight is 293 g/mol. The van der Waals surface area contributed by atoms with Crippen LogP contribution < -0.4 is 11.5 Å². The van der Waals surface area contributed by atoms with E-state index in [1.54, 1.807) is 6.92 Å². The summed E-state index contributed by atoms with van der Waals surface area (Å²) in [6, 6.07) is 8.63. The Bertz CT molecular complexity index is 456. The summed E-state index contributed by atoms with van der Waals surface area (Å²) >= 11 is 3.74. The van der Waals surface area contributed by atoms with Gasteiger partial charge < -0.3 is 11.5 Å². The van der Waals surface area contributed by atoms with Gasteiger partial charge in [0.25, 0.3) is 0 Å². The largest absolute Gasteiger partial charge is 0.388 e. The Morgan fingerprint density at radius 2 is 1.95 bits per heavy atom. The summed E-state index contributed by atoms with van der Waals surface area (Å²) in [5.41, 5.74) is 11.7. The van der Waals surface area contributed by atoms with Gasteiger partial charge in [-0.2, -0.15) is 0 Å². The summed E-state index contributed by atoms with van der Waals surface area (Å²) in [5, 5.41) is 0. The molecule has 0 spiro atoms. The third-order valence-electron chi connectivity index (χ3n) is 2.71. The zero-order chi connectivity index (χ0) is 13.7. The first-order valence-corrected chi connectivity index (χ1v) is 8.02. The summed E-state index contributed by atoms with van der Waals surface area (Å²) in [7, 11) is 0. The van der Waals surface area contributed by atoms with Crippen molar-refractivity contribution in [3.8, 4) is 0 Å². The van der Waals surface area contributed by atoms with E-state index >= 15 is 0 Å². The maximum atomic E-state index is 6.25. The molecular weight excluding hydrogens is 274 g/mol. The van der Waals surface area contributed by atoms with Crippen molar-refractivity contribution in [1.29, 1.82) is 0 Å². The molecule has 5 heteroatoms. The Morgan fingerprint density at radius 1 is 1.32 bits per heavy atom. The van der Waals surface area contributed by atoms with Gasteiger partial charge in [0, 0.05) is 15.8 Å². The molecule has 0 amide bonds. The van der Waals surface area contributed by atoms with E-state index in [1.807, 2.05) is 29.6 Å². The normalized spacial score (nSPS) is 17.9. The third kappa shape index (κ3) is 4.30. The van der Waals surface area contributed by atoms with Crippen LogP contribution in [0.4, 0.5) is 0 Å². The van der Waals surface area contributed by atoms with Crippen LogP contribution in [-0.2, 0) is 0 Å². The Labute approximate surface area is 122 Å². The molecule has 2 rings (SSSR count). The van der Waals surface area contributed by atoms with Crippen LogP contribution in [0.1, 0.15) is 13.3 Å². The number of aliphatic imine (C=N–C) groups is 1. The molecule has 0 fully saturated rings. The molecule has 1 aromatic rings. The Hall–Kier alpha value is -0.910. The molecule has 19 heavy (non-hydrogen) atoms. The minimum Gasteiger partial charge on any atom is -0.388 e. The van der Waals surface area contributed by atoms with Crippen LogP contribution in [0, 0.1) is 0 Å². The molecular formula is C14H19N3S2. The lowest BCUT2D eigenvalue weighted by molar-refractivity contribution is 0.744. The Balaban J connectivity index is 1.80. The first kappa shape index (κ1) is 14.5. The van der Waals surface area contributed by atoms with Gasteiger partial charge in [0.2, 0.25) is 0 Å². The van der Waals surface area contributed by atoms with E-state index in [1.165, 1.54) is 9.79 Å². The molecule has 1 aliphatic rings. The fourth-order valence-corrected chi connectivity index (χ4v) is 4.59. The van der Waals surface area contributed by atoms with Crippen LogP contribution in [0.2, 0.25) is 0 Å². The smallest absolute Gasteiger partial charge is 0.0909 e. The number of thioether (sulfide) groups is 2. The van der Waals surface area contributed by atoms with E-state index in [0.717, 1.165) is 6.42 Å². The van der Waals surface area contributed by atoms with Crippen molar-refractivity contribution in [2.45, 2.75) is 33.8 Å². The first-order chi connectivity index (χ1) is 9.16. The second kappa shape index (κ2) is 7.03. The van der Waals surface area contributed by atoms with Gasteiger partial charge in [-0.05, 0) is 25.5 Å². The number of rotatable bonds is 5. The van der Waals surface area contributed by atoms with E-state index in [9.17, 15) is 0 Å². The second-order valence-electron chi connectivity index (χ2n) is 4.40. The highest BCUT2D eigenvalue weighted by Crippen LogP contribution is 2.48. The topological polar surface area (TPSA) is 64.4 Å². The highest BCUT2D eigenvalue weighted by atomic mass is 32.2. The first-order valence-electron chi connectivity index (χ1n) is 6.26. The van der Waals surface area contributed by atoms with Gasteiger partial charge in [-0.3, -0.25) is 4.99 Å². The van der Waals surface area contributed by atoms with Crippen molar-refractivity contribution in [2.24, 2.45) is 16.5 Å². The molecule has 1 aliphatic heterocycles. The van der Waals surface area contributed by atoms with Crippen molar-refractivity contribution in [3.63, 3.8) is 0 Å². The molecule has 0 saturated heterocycles. The molecule has 0 saturated carbocycles. The summed E-state index contributed by atoms with van der Waals surface area (Å²) in [6.45, 7) is 2.43. The quantitative estimate of drug-likeness (QED) is 0.498. The molecule has 0 bridgehead atoms. The van der Waals surface area contributed by atoms with Gasteiger partial charge in [0.15, 0.2) is 0 Å². The number of nitrogens with two attached hydrogens (primary N) is 2. The highest BCUT2D eigenvalue weighted by molar-refractivity contribution is 8.19. The zero-order valence-corrected chi connectivity index (χ0v) is 12.6. The minimum absolute atomic E-state index is 0.154. The summed E-state index contributed by atoms with van der Waals surface area (Å²) < 4.78 is 0.404. The van der Waals surface area contributed by atoms with Crippen LogP contribution in [-0.4, -0.2) is 23.0 Å². The van der Waals surface area contributed by atoms with Crippen LogP contribution >= 0.6 is 23.5 Å². The van der Waals surface area contributed by atoms with Gasteiger partial charge in [0.05, 0.1) is 17.0 Å². The minimum atomic E-state index is 0.154. The van der Waals surface area contributed by atoms with E-state index in [2.05, 4.69) is 35.3 Å². The van der Waals surface area contributed by atoms with Gasteiger partial charge in [-0.25, -0.2) is 0 Å². The predicted octanol–water partition coefficient (Wildman–Crippen LogP) is 2.86. The molecule has 0 radical (unpaired) electrons. The SMILES string of the molecule is CC(N)=NC/C=C/CC(N)C1Sc2ccccc2S1. The molecule has 1 aromatic carbocycles. The zero-order valence-electron chi connectivity index (χ0n) is 11.0. The van der Waals surface area contributed by atoms with E-state index < -0.39 is 0 Å². The molecule has 3 nitrogen and oxygen atoms in total. The molecule has 1 unspecified atom stereocenters. The van der Waals surface area contributed by atoms with Crippen LogP contribution in [0.5, 0.6) is 0 Å². The van der Waals surface area contributed by atoms with Crippen molar-refractivity contribution in [3.05, 3.63) is 36.4 Å². The van der Waals surface area contributed by atoms with Crippen LogP contribution in [0.25, 0.3) is 0 Å². The standard InChI is InChI=1S/C14H19N3S2/c1-10(15)17-9-5-4-6-11(16)14-18-12-7-2-3-8-13(12)19-14/h2-5,7-8,11,14H,6,9,16H2,1H3,(H2,15,17)/b5-4+. The van der Waals surface area contributed by atoms with E-state index in [4.69, 9.17) is 11.5 Å². The van der Waals surface area contributed by atoms with Crippen molar-refractivity contribution >= 4 is 29.4 Å². The number of hydrogen-bond acceptors (Lipinski definition) is 4. The molecule has 102 valence electrons. The van der Waals surface area contributed by atoms with E-state index in [0.29, 0.717) is 17.0 Å². The lowest BCUT2D eigenvalue weighted by Crippen LogP contribution is -2.28. The summed E-state index contributed by atoms with van der Waals surface area (Å²) in [6.07, 6.45) is 4.99. The molecule has 4 N–H and O–H groups in total. The Morgan fingerprint density at radius 3 is 2.53 bits per heavy atom. The van der Waals surface area contributed by atoms with Gasteiger partial charge in [-0.1, -0.05) is 24.3 Å². The second-order valence-corrected chi connectivity index (χ2v) is 7.07. The number of amidine groups is 1. The van der Waals surface area contributed by atoms with Gasteiger partial charge in [-0.15, -0.1) is 23.5 Å². The van der Waals surface area contributed by atoms with Gasteiger partial charge >= 0.3 is 0 Å². The average Bonchev–Trinajstić information content (AvgIpc) is 2.81. The molecule has 0 aliphatic carbocycles. The summed E-state index contributed by atoms with van der Waals surface area (Å²) in [5.74, 6) is 0.617. The van der Waals surface area contributed by atoms with E-state index in [-0.39, 0.29) is 6.04 Å². The monoisotopic (exact) mass is 293 g/mol. The molecule has 0 aromatic heterocycles. The predicted molar refractivity (Wildman–Crippen MR) is 85.8 cm³/mol. The van der Waals surface area contributed by atoms with Crippen molar-refractivity contribution in [1.82, 2.24) is 0 Å². The van der Waals surface area contributed by atoms with Crippen LogP contribution in [0.15, 0.2) is 51.2 Å². The number of hydrogen-bond donors (Lipinski definition) is 2. The highest BCUT2D eigenvalue weighted by Gasteiger charge is 2.27. The maximum Gasteiger partial charge on any atom is 0.0909 e. The third-order valence-corrected chi connectivity index (χ3v) is 5.80. The molecule has 1 heterocycles. The fourth-order valence-electron chi connectivity index (χ4n) is 1.73. The molecule has 1 atom stereocenters. The maximum absolute atomic E-state index is 6.25. The number of benzene rings is 1. The van der Waals surface area contributed by atoms with Gasteiger partial charge in [0.1, 0.15) is 0 Å². The van der Waals surface area contributed by atoms with Crippen LogP contribution in [0.3, 0.4) is 0 Å². The lowest BCUT2D eigenvalue weighted by Gasteiger charge is -2.15. The lowest BCUT2D eigenvalue weighted by atomic mass is 10.2. The number of fused-ring (bicyclic) bond motifs is 1. The number of nitrogens with zero attached hydrogens (tertiary/aromatic N) is 1. The van der Waals surface area contributed by atoms with Crippen molar-refractivity contribution < 1.29 is 0 Å². The van der Waals surface area contributed by atoms with Crippen molar-refractivity contribution in [2.75, 3.05) is 6.54 Å².